The molecule has 0 aliphatic carbocycles. The minimum atomic E-state index is -0.122. The van der Waals surface area contributed by atoms with Crippen molar-refractivity contribution < 1.29 is 14.2 Å². The molecule has 106 valence electrons. The Kier molecular flexibility index (Phi) is 4.80. The Bertz CT molecular complexity index is 428. The van der Waals surface area contributed by atoms with Crippen LogP contribution >= 0.6 is 0 Å². The Morgan fingerprint density at radius 2 is 2.00 bits per heavy atom. The van der Waals surface area contributed by atoms with E-state index in [9.17, 15) is 0 Å². The summed E-state index contributed by atoms with van der Waals surface area (Å²) in [6.45, 7) is 5.56. The van der Waals surface area contributed by atoms with Crippen molar-refractivity contribution in [3.05, 3.63) is 28.8 Å². The fraction of sp³-hybridized carbons (Fsp3) is 0.600. The van der Waals surface area contributed by atoms with Crippen LogP contribution in [0, 0.1) is 13.8 Å². The van der Waals surface area contributed by atoms with Gasteiger partial charge in [-0.15, -0.1) is 0 Å². The number of rotatable bonds is 5. The fourth-order valence-corrected chi connectivity index (χ4v) is 2.49. The third-order valence-corrected chi connectivity index (χ3v) is 3.75. The van der Waals surface area contributed by atoms with Crippen LogP contribution in [0.5, 0.6) is 5.75 Å². The Hall–Kier alpha value is -1.10. The molecule has 4 nitrogen and oxygen atoms in total. The van der Waals surface area contributed by atoms with Crippen molar-refractivity contribution in [2.24, 2.45) is 0 Å². The second-order valence-electron chi connectivity index (χ2n) is 4.88. The summed E-state index contributed by atoms with van der Waals surface area (Å²) < 4.78 is 16.6. The van der Waals surface area contributed by atoms with E-state index in [0.29, 0.717) is 13.2 Å². The number of nitrogens with one attached hydrogen (secondary N) is 1. The van der Waals surface area contributed by atoms with Gasteiger partial charge in [0.2, 0.25) is 0 Å². The van der Waals surface area contributed by atoms with Gasteiger partial charge in [0.1, 0.15) is 5.75 Å². The van der Waals surface area contributed by atoms with Gasteiger partial charge >= 0.3 is 0 Å². The Labute approximate surface area is 115 Å². The fourth-order valence-electron chi connectivity index (χ4n) is 2.49. The number of aryl methyl sites for hydroxylation is 1. The lowest BCUT2D eigenvalue weighted by atomic mass is 9.97. The number of methoxy groups -OCH3 is 1. The molecule has 0 spiro atoms. The summed E-state index contributed by atoms with van der Waals surface area (Å²) in [5.74, 6) is 0.956. The van der Waals surface area contributed by atoms with Crippen molar-refractivity contribution in [1.29, 1.82) is 0 Å². The molecule has 19 heavy (non-hydrogen) atoms. The smallest absolute Gasteiger partial charge is 0.159 e. The number of hydrogen-bond acceptors (Lipinski definition) is 4. The van der Waals surface area contributed by atoms with Gasteiger partial charge in [0, 0.05) is 18.0 Å². The minimum Gasteiger partial charge on any atom is -0.496 e. The van der Waals surface area contributed by atoms with Gasteiger partial charge in [-0.05, 0) is 32.0 Å². The van der Waals surface area contributed by atoms with Crippen LogP contribution in [0.1, 0.15) is 29.2 Å². The summed E-state index contributed by atoms with van der Waals surface area (Å²) in [7, 11) is 3.68. The van der Waals surface area contributed by atoms with Gasteiger partial charge < -0.3 is 19.5 Å². The largest absolute Gasteiger partial charge is 0.496 e. The van der Waals surface area contributed by atoms with Gasteiger partial charge in [-0.3, -0.25) is 0 Å². The van der Waals surface area contributed by atoms with Crippen molar-refractivity contribution in [2.75, 3.05) is 27.4 Å². The summed E-state index contributed by atoms with van der Waals surface area (Å²) in [5.41, 5.74) is 3.59. The zero-order chi connectivity index (χ0) is 13.8. The highest BCUT2D eigenvalue weighted by Crippen LogP contribution is 2.33. The van der Waals surface area contributed by atoms with Gasteiger partial charge in [-0.2, -0.15) is 0 Å². The maximum atomic E-state index is 5.58. The maximum absolute atomic E-state index is 5.58. The maximum Gasteiger partial charge on any atom is 0.159 e. The van der Waals surface area contributed by atoms with E-state index in [1.54, 1.807) is 7.11 Å². The van der Waals surface area contributed by atoms with E-state index in [4.69, 9.17) is 14.2 Å². The first-order chi connectivity index (χ1) is 9.17. The average Bonchev–Trinajstić information content (AvgIpc) is 2.92. The molecule has 1 aromatic carbocycles. The van der Waals surface area contributed by atoms with Crippen molar-refractivity contribution in [2.45, 2.75) is 32.6 Å². The summed E-state index contributed by atoms with van der Waals surface area (Å²) in [5, 5.41) is 3.33. The van der Waals surface area contributed by atoms with E-state index >= 15 is 0 Å². The third kappa shape index (κ3) is 3.08. The predicted molar refractivity (Wildman–Crippen MR) is 74.6 cm³/mol. The molecule has 0 aromatic heterocycles. The van der Waals surface area contributed by atoms with Crippen LogP contribution in [0.4, 0.5) is 0 Å². The number of ether oxygens (including phenoxy) is 3. The lowest BCUT2D eigenvalue weighted by Crippen LogP contribution is -2.23. The quantitative estimate of drug-likeness (QED) is 0.887. The van der Waals surface area contributed by atoms with Crippen molar-refractivity contribution in [3.8, 4) is 5.75 Å². The van der Waals surface area contributed by atoms with Crippen molar-refractivity contribution in [1.82, 2.24) is 5.32 Å². The van der Waals surface area contributed by atoms with Crippen LogP contribution in [0.15, 0.2) is 12.1 Å². The number of hydrogen-bond donors (Lipinski definition) is 1. The summed E-state index contributed by atoms with van der Waals surface area (Å²) in [4.78, 5) is 0. The van der Waals surface area contributed by atoms with Gasteiger partial charge in [-0.25, -0.2) is 0 Å². The van der Waals surface area contributed by atoms with E-state index in [-0.39, 0.29) is 12.3 Å². The van der Waals surface area contributed by atoms with Crippen LogP contribution in [-0.4, -0.2) is 33.7 Å². The van der Waals surface area contributed by atoms with Crippen LogP contribution in [-0.2, 0) is 9.47 Å². The Morgan fingerprint density at radius 1 is 1.32 bits per heavy atom. The molecule has 1 N–H and O–H groups in total. The van der Waals surface area contributed by atoms with E-state index < -0.39 is 0 Å². The van der Waals surface area contributed by atoms with Crippen molar-refractivity contribution >= 4 is 0 Å². The van der Waals surface area contributed by atoms with Gasteiger partial charge in [0.25, 0.3) is 0 Å². The van der Waals surface area contributed by atoms with E-state index in [1.165, 1.54) is 11.1 Å². The monoisotopic (exact) mass is 265 g/mol. The van der Waals surface area contributed by atoms with Crippen LogP contribution in [0.2, 0.25) is 0 Å². The van der Waals surface area contributed by atoms with Crippen LogP contribution < -0.4 is 10.1 Å². The topological polar surface area (TPSA) is 39.7 Å². The molecule has 1 aliphatic rings. The molecule has 4 heteroatoms. The van der Waals surface area contributed by atoms with Gasteiger partial charge in [0.15, 0.2) is 6.29 Å². The zero-order valence-electron chi connectivity index (χ0n) is 12.2. The molecule has 0 saturated carbocycles. The minimum absolute atomic E-state index is 0.122. The van der Waals surface area contributed by atoms with E-state index in [0.717, 1.165) is 17.7 Å². The average molecular weight is 265 g/mol. The summed E-state index contributed by atoms with van der Waals surface area (Å²) in [6, 6.07) is 4.42. The molecular weight excluding hydrogens is 242 g/mol. The molecule has 1 saturated heterocycles. The Balaban J connectivity index is 2.24. The molecule has 0 radical (unpaired) electrons. The molecule has 1 fully saturated rings. The molecule has 0 amide bonds. The number of benzene rings is 1. The van der Waals surface area contributed by atoms with E-state index in [2.05, 4.69) is 31.3 Å². The molecule has 1 unspecified atom stereocenters. The van der Waals surface area contributed by atoms with Crippen LogP contribution in [0.25, 0.3) is 0 Å². The molecule has 2 rings (SSSR count). The lowest BCUT2D eigenvalue weighted by molar-refractivity contribution is -0.0527. The standard InChI is InChI=1S/C15H23NO3/c1-10-5-6-12(15(17-4)11(10)2)13(16-3)9-14-18-7-8-19-14/h5-6,13-14,16H,7-9H2,1-4H3. The molecule has 1 aliphatic heterocycles. The normalized spacial score (nSPS) is 17.7. The second-order valence-corrected chi connectivity index (χ2v) is 4.88. The van der Waals surface area contributed by atoms with Gasteiger partial charge in [-0.1, -0.05) is 12.1 Å². The highest BCUT2D eigenvalue weighted by molar-refractivity contribution is 5.46. The highest BCUT2D eigenvalue weighted by atomic mass is 16.7. The highest BCUT2D eigenvalue weighted by Gasteiger charge is 2.24. The molecular formula is C15H23NO3. The van der Waals surface area contributed by atoms with Crippen LogP contribution in [0.3, 0.4) is 0 Å². The molecule has 1 aromatic rings. The first-order valence-electron chi connectivity index (χ1n) is 6.72. The second kappa shape index (κ2) is 6.37. The van der Waals surface area contributed by atoms with Gasteiger partial charge in [0.05, 0.1) is 20.3 Å². The van der Waals surface area contributed by atoms with Crippen molar-refractivity contribution in [3.63, 3.8) is 0 Å². The Morgan fingerprint density at radius 3 is 2.58 bits per heavy atom. The third-order valence-electron chi connectivity index (χ3n) is 3.75. The predicted octanol–water partition coefficient (Wildman–Crippen LogP) is 2.34. The summed E-state index contributed by atoms with van der Waals surface area (Å²) in [6.07, 6.45) is 0.666. The zero-order valence-corrected chi connectivity index (χ0v) is 12.2. The molecule has 0 bridgehead atoms. The first-order valence-corrected chi connectivity index (χ1v) is 6.72. The first kappa shape index (κ1) is 14.3. The summed E-state index contributed by atoms with van der Waals surface area (Å²) >= 11 is 0. The van der Waals surface area contributed by atoms with E-state index in [1.807, 2.05) is 7.05 Å². The lowest BCUT2D eigenvalue weighted by Gasteiger charge is -2.23. The molecule has 1 atom stereocenters. The SMILES string of the molecule is CNC(CC1OCCO1)c1ccc(C)c(C)c1OC. The molecule has 1 heterocycles.